The van der Waals surface area contributed by atoms with Gasteiger partial charge in [0.25, 0.3) is 0 Å². The van der Waals surface area contributed by atoms with E-state index in [1.807, 2.05) is 0 Å². The number of rotatable bonds is 4. The van der Waals surface area contributed by atoms with E-state index in [0.29, 0.717) is 0 Å². The van der Waals surface area contributed by atoms with Crippen molar-refractivity contribution in [3.05, 3.63) is 0 Å². The Hall–Kier alpha value is -0.610. The smallest absolute Gasteiger partial charge is 0.326 e. The Kier molecular flexibility index (Phi) is 5.22. The number of hydrogen-bond acceptors (Lipinski definition) is 4. The predicted octanol–water partition coefficient (Wildman–Crippen LogP) is 1.01. The minimum absolute atomic E-state index is 0.101. The summed E-state index contributed by atoms with van der Waals surface area (Å²) in [6, 6.07) is 0. The Morgan fingerprint density at radius 3 is 2.81 bits per heavy atom. The van der Waals surface area contributed by atoms with Gasteiger partial charge in [-0.15, -0.1) is 0 Å². The number of hydrogen-bond donors (Lipinski definition) is 1. The third-order valence-electron chi connectivity index (χ3n) is 3.35. The molecule has 4 nitrogen and oxygen atoms in total. The van der Waals surface area contributed by atoms with Crippen LogP contribution in [0.2, 0.25) is 0 Å². The Morgan fingerprint density at radius 1 is 1.44 bits per heavy atom. The maximum Gasteiger partial charge on any atom is 0.326 e. The summed E-state index contributed by atoms with van der Waals surface area (Å²) in [4.78, 5) is 14.2. The quantitative estimate of drug-likeness (QED) is 0.729. The lowest BCUT2D eigenvalue weighted by Crippen LogP contribution is -2.53. The molecule has 0 aromatic carbocycles. The molecule has 1 saturated heterocycles. The zero-order valence-corrected chi connectivity index (χ0v) is 10.7. The van der Waals surface area contributed by atoms with Crippen molar-refractivity contribution >= 4 is 5.97 Å². The van der Waals surface area contributed by atoms with Crippen LogP contribution in [0.1, 0.15) is 32.6 Å². The SMILES string of the molecule is CCCNC1(C(=O)OC)CCCN(C)CC1. The van der Waals surface area contributed by atoms with Crippen molar-refractivity contribution in [3.8, 4) is 0 Å². The molecule has 0 aromatic rings. The molecule has 0 amide bonds. The molecule has 1 heterocycles. The number of esters is 1. The normalized spacial score (nSPS) is 27.4. The largest absolute Gasteiger partial charge is 0.468 e. The van der Waals surface area contributed by atoms with E-state index in [-0.39, 0.29) is 5.97 Å². The molecule has 16 heavy (non-hydrogen) atoms. The molecular formula is C12H24N2O2. The molecule has 0 bridgehead atoms. The van der Waals surface area contributed by atoms with E-state index in [1.54, 1.807) is 0 Å². The second-order valence-corrected chi connectivity index (χ2v) is 4.66. The van der Waals surface area contributed by atoms with Gasteiger partial charge in [0.15, 0.2) is 0 Å². The highest BCUT2D eigenvalue weighted by Gasteiger charge is 2.39. The van der Waals surface area contributed by atoms with Crippen molar-refractivity contribution in [2.75, 3.05) is 33.8 Å². The van der Waals surface area contributed by atoms with Crippen LogP contribution in [-0.4, -0.2) is 50.2 Å². The van der Waals surface area contributed by atoms with Crippen LogP contribution in [0.3, 0.4) is 0 Å². The number of ether oxygens (including phenoxy) is 1. The molecule has 1 N–H and O–H groups in total. The molecule has 1 rings (SSSR count). The fourth-order valence-corrected chi connectivity index (χ4v) is 2.28. The fraction of sp³-hybridized carbons (Fsp3) is 0.917. The topological polar surface area (TPSA) is 41.6 Å². The van der Waals surface area contributed by atoms with E-state index in [4.69, 9.17) is 4.74 Å². The van der Waals surface area contributed by atoms with Crippen molar-refractivity contribution in [3.63, 3.8) is 0 Å². The summed E-state index contributed by atoms with van der Waals surface area (Å²) in [5, 5.41) is 3.39. The summed E-state index contributed by atoms with van der Waals surface area (Å²) < 4.78 is 4.96. The van der Waals surface area contributed by atoms with E-state index in [2.05, 4.69) is 24.2 Å². The van der Waals surface area contributed by atoms with Crippen molar-refractivity contribution in [2.24, 2.45) is 0 Å². The number of nitrogens with one attached hydrogen (secondary N) is 1. The number of carbonyl (C=O) groups is 1. The van der Waals surface area contributed by atoms with Crippen LogP contribution in [0.4, 0.5) is 0 Å². The lowest BCUT2D eigenvalue weighted by molar-refractivity contribution is -0.149. The van der Waals surface area contributed by atoms with E-state index in [0.717, 1.165) is 45.3 Å². The highest BCUT2D eigenvalue weighted by Crippen LogP contribution is 2.23. The van der Waals surface area contributed by atoms with E-state index < -0.39 is 5.54 Å². The fourth-order valence-electron chi connectivity index (χ4n) is 2.28. The summed E-state index contributed by atoms with van der Waals surface area (Å²) in [5.74, 6) is -0.101. The lowest BCUT2D eigenvalue weighted by Gasteiger charge is -2.30. The van der Waals surface area contributed by atoms with Gasteiger partial charge < -0.3 is 15.0 Å². The zero-order valence-electron chi connectivity index (χ0n) is 10.7. The molecule has 0 aliphatic carbocycles. The predicted molar refractivity (Wildman–Crippen MR) is 64.4 cm³/mol. The van der Waals surface area contributed by atoms with Gasteiger partial charge in [0.1, 0.15) is 5.54 Å². The van der Waals surface area contributed by atoms with Gasteiger partial charge in [-0.3, -0.25) is 4.79 Å². The number of nitrogens with zero attached hydrogens (tertiary/aromatic N) is 1. The average molecular weight is 228 g/mol. The number of likely N-dealkylation sites (tertiary alicyclic amines) is 1. The van der Waals surface area contributed by atoms with Crippen LogP contribution in [0, 0.1) is 0 Å². The van der Waals surface area contributed by atoms with Gasteiger partial charge in [-0.2, -0.15) is 0 Å². The highest BCUT2D eigenvalue weighted by molar-refractivity contribution is 5.80. The van der Waals surface area contributed by atoms with Crippen LogP contribution < -0.4 is 5.32 Å². The lowest BCUT2D eigenvalue weighted by atomic mass is 9.90. The maximum absolute atomic E-state index is 12.0. The summed E-state index contributed by atoms with van der Waals surface area (Å²) in [5.41, 5.74) is -0.449. The van der Waals surface area contributed by atoms with Crippen LogP contribution in [0.25, 0.3) is 0 Å². The van der Waals surface area contributed by atoms with E-state index >= 15 is 0 Å². The molecule has 0 saturated carbocycles. The highest BCUT2D eigenvalue weighted by atomic mass is 16.5. The van der Waals surface area contributed by atoms with Crippen molar-refractivity contribution in [1.29, 1.82) is 0 Å². The van der Waals surface area contributed by atoms with Gasteiger partial charge in [-0.05, 0) is 45.8 Å². The van der Waals surface area contributed by atoms with Gasteiger partial charge >= 0.3 is 5.97 Å². The molecule has 0 spiro atoms. The first-order chi connectivity index (χ1) is 7.64. The third kappa shape index (κ3) is 3.19. The molecule has 0 radical (unpaired) electrons. The Balaban J connectivity index is 2.72. The molecule has 94 valence electrons. The second-order valence-electron chi connectivity index (χ2n) is 4.66. The van der Waals surface area contributed by atoms with Gasteiger partial charge in [-0.1, -0.05) is 6.92 Å². The Bertz CT molecular complexity index is 229. The van der Waals surface area contributed by atoms with Crippen molar-refractivity contribution in [1.82, 2.24) is 10.2 Å². The van der Waals surface area contributed by atoms with E-state index in [9.17, 15) is 4.79 Å². The first kappa shape index (κ1) is 13.5. The molecule has 1 aliphatic rings. The van der Waals surface area contributed by atoms with Crippen LogP contribution >= 0.6 is 0 Å². The van der Waals surface area contributed by atoms with Crippen molar-refractivity contribution in [2.45, 2.75) is 38.1 Å². The van der Waals surface area contributed by atoms with Gasteiger partial charge in [0.2, 0.25) is 0 Å². The summed E-state index contributed by atoms with van der Waals surface area (Å²) in [6.45, 7) is 5.00. The molecule has 1 atom stereocenters. The van der Waals surface area contributed by atoms with Gasteiger partial charge in [0, 0.05) is 6.54 Å². The number of methoxy groups -OCH3 is 1. The maximum atomic E-state index is 12.0. The Morgan fingerprint density at radius 2 is 2.19 bits per heavy atom. The molecule has 1 unspecified atom stereocenters. The standard InChI is InChI=1S/C12H24N2O2/c1-4-8-13-12(11(15)16-3)6-5-9-14(2)10-7-12/h13H,4-10H2,1-3H3. The summed E-state index contributed by atoms with van der Waals surface area (Å²) in [6.07, 6.45) is 3.80. The van der Waals surface area contributed by atoms with Crippen LogP contribution in [0.5, 0.6) is 0 Å². The molecule has 1 aliphatic heterocycles. The van der Waals surface area contributed by atoms with Gasteiger partial charge in [0.05, 0.1) is 7.11 Å². The second kappa shape index (κ2) is 6.21. The minimum atomic E-state index is -0.449. The molecule has 0 aromatic heterocycles. The van der Waals surface area contributed by atoms with E-state index in [1.165, 1.54) is 7.11 Å². The summed E-state index contributed by atoms with van der Waals surface area (Å²) in [7, 11) is 3.58. The van der Waals surface area contributed by atoms with Crippen molar-refractivity contribution < 1.29 is 9.53 Å². The van der Waals surface area contributed by atoms with Crippen LogP contribution in [-0.2, 0) is 9.53 Å². The molecule has 4 heteroatoms. The Labute approximate surface area is 98.3 Å². The first-order valence-corrected chi connectivity index (χ1v) is 6.16. The average Bonchev–Trinajstić information content (AvgIpc) is 2.49. The number of carbonyl (C=O) groups excluding carboxylic acids is 1. The first-order valence-electron chi connectivity index (χ1n) is 6.16. The third-order valence-corrected chi connectivity index (χ3v) is 3.35. The molecular weight excluding hydrogens is 204 g/mol. The summed E-state index contributed by atoms with van der Waals surface area (Å²) >= 11 is 0. The monoisotopic (exact) mass is 228 g/mol. The molecule has 1 fully saturated rings. The van der Waals surface area contributed by atoms with Crippen LogP contribution in [0.15, 0.2) is 0 Å². The minimum Gasteiger partial charge on any atom is -0.468 e. The van der Waals surface area contributed by atoms with Gasteiger partial charge in [-0.25, -0.2) is 0 Å². The zero-order chi connectivity index (χ0) is 12.0.